The minimum atomic E-state index is -1.86. The molecular formula is C66H101N17O19. The van der Waals surface area contributed by atoms with Gasteiger partial charge in [0.25, 0.3) is 0 Å². The highest BCUT2D eigenvalue weighted by Crippen LogP contribution is 2.20. The smallest absolute Gasteiger partial charge is 0.325 e. The Morgan fingerprint density at radius 2 is 0.863 bits per heavy atom. The van der Waals surface area contributed by atoms with Crippen LogP contribution in [0.15, 0.2) is 60.8 Å². The van der Waals surface area contributed by atoms with Crippen molar-refractivity contribution in [2.75, 3.05) is 32.8 Å². The zero-order valence-corrected chi connectivity index (χ0v) is 58.6. The standard InChI is InChI=1S/C66H101N17O19/c1-10-34(6)53(65(100)73-37(9)66(101)102)83-64(99)52(33(4)5)82-58(93)42(20-21-50(87)88)75-59(94)45(26-38-16-12-11-13-17-38)78-55(90)36(8)72-57(92)44(23-25-68)76-62(97)48(31-85)80-60(95)46(27-39-28-70-41-19-15-14-18-40(39)41)79-61(96)47(30-84)74-49(86)29-71-56(91)43(22-24-67)77-63(98)51(32(2)3)81-54(89)35(7)69/h11-19,28,32-37,42-48,51-53,70,84-85H,10,20-27,29-31,67-69H2,1-9H3,(H,71,91)(H,72,92)(H,73,100)(H,74,86)(H,75,94)(H,76,97)(H,77,98)(H,78,90)(H,79,96)(H,80,95)(H,81,89)(H,82,93)(H,83,99)(H,87,88)(H,101,102)/t34-,35-,36+,37-,42-,43+,44-,45-,46+,47+,48-,51+,52-,53+/m0/s1. The summed E-state index contributed by atoms with van der Waals surface area (Å²) in [5, 5.41) is 72.2. The van der Waals surface area contributed by atoms with Crippen molar-refractivity contribution in [1.82, 2.24) is 74.1 Å². The number of para-hydroxylation sites is 1. The lowest BCUT2D eigenvalue weighted by Crippen LogP contribution is -2.61. The summed E-state index contributed by atoms with van der Waals surface area (Å²) in [5.41, 5.74) is 18.8. The highest BCUT2D eigenvalue weighted by atomic mass is 16.4. The molecule has 0 aliphatic rings. The molecule has 0 spiro atoms. The number of hydrogen-bond acceptors (Lipinski definition) is 20. The second-order valence-electron chi connectivity index (χ2n) is 25.3. The van der Waals surface area contributed by atoms with Crippen molar-refractivity contribution >= 4 is 99.6 Å². The largest absolute Gasteiger partial charge is 0.481 e. The fraction of sp³-hybridized carbons (Fsp3) is 0.561. The molecule has 0 unspecified atom stereocenters. The Kier molecular flexibility index (Phi) is 36.1. The third-order valence-electron chi connectivity index (χ3n) is 16.4. The highest BCUT2D eigenvalue weighted by molar-refractivity contribution is 6.00. The number of aromatic amines is 1. The molecule has 24 N–H and O–H groups in total. The Bertz CT molecular complexity index is 3390. The molecule has 3 rings (SSSR count). The van der Waals surface area contributed by atoms with Gasteiger partial charge in [0.2, 0.25) is 76.8 Å². The number of benzene rings is 2. The van der Waals surface area contributed by atoms with Gasteiger partial charge in [-0.3, -0.25) is 71.9 Å². The zero-order chi connectivity index (χ0) is 76.7. The van der Waals surface area contributed by atoms with Gasteiger partial charge in [-0.05, 0) is 88.1 Å². The Morgan fingerprint density at radius 1 is 0.441 bits per heavy atom. The molecule has 1 aromatic heterocycles. The van der Waals surface area contributed by atoms with Crippen LogP contribution >= 0.6 is 0 Å². The van der Waals surface area contributed by atoms with E-state index in [2.05, 4.69) is 74.1 Å². The molecule has 1 heterocycles. The number of fused-ring (bicyclic) bond motifs is 1. The summed E-state index contributed by atoms with van der Waals surface area (Å²) in [4.78, 5) is 204. The summed E-state index contributed by atoms with van der Waals surface area (Å²) in [6, 6.07) is -3.81. The maximum absolute atomic E-state index is 14.4. The molecule has 2 aromatic carbocycles. The first-order valence-electron chi connectivity index (χ1n) is 33.4. The average molecular weight is 1440 g/mol. The summed E-state index contributed by atoms with van der Waals surface area (Å²) in [7, 11) is 0. The first kappa shape index (κ1) is 86.1. The van der Waals surface area contributed by atoms with Crippen molar-refractivity contribution < 1.29 is 92.3 Å². The van der Waals surface area contributed by atoms with E-state index in [0.717, 1.165) is 0 Å². The lowest BCUT2D eigenvalue weighted by atomic mass is 9.96. The van der Waals surface area contributed by atoms with Crippen molar-refractivity contribution in [2.45, 2.75) is 186 Å². The molecule has 0 bridgehead atoms. The molecule has 0 saturated carbocycles. The summed E-state index contributed by atoms with van der Waals surface area (Å²) < 4.78 is 0. The molecule has 0 aliphatic carbocycles. The van der Waals surface area contributed by atoms with Crippen molar-refractivity contribution in [3.05, 3.63) is 71.9 Å². The molecule has 0 aliphatic heterocycles. The van der Waals surface area contributed by atoms with E-state index in [-0.39, 0.29) is 38.8 Å². The van der Waals surface area contributed by atoms with Crippen molar-refractivity contribution in [3.63, 3.8) is 0 Å². The van der Waals surface area contributed by atoms with Crippen LogP contribution in [0.2, 0.25) is 0 Å². The topological polar surface area (TPSA) is 587 Å². The summed E-state index contributed by atoms with van der Waals surface area (Å²) in [6.07, 6.45) is -0.237. The van der Waals surface area contributed by atoms with E-state index in [1.165, 1.54) is 20.8 Å². The molecule has 13 amide bonds. The number of aromatic nitrogens is 1. The minimum Gasteiger partial charge on any atom is -0.481 e. The lowest BCUT2D eigenvalue weighted by Gasteiger charge is -2.30. The Morgan fingerprint density at radius 3 is 1.39 bits per heavy atom. The van der Waals surface area contributed by atoms with Gasteiger partial charge in [-0.25, -0.2) is 0 Å². The Labute approximate surface area is 589 Å². The maximum atomic E-state index is 14.4. The minimum absolute atomic E-state index is 0.0940. The van der Waals surface area contributed by atoms with Gasteiger partial charge < -0.3 is 112 Å². The number of aliphatic carboxylic acids is 2. The van der Waals surface area contributed by atoms with Crippen LogP contribution in [0.5, 0.6) is 0 Å². The van der Waals surface area contributed by atoms with Crippen LogP contribution in [0.4, 0.5) is 0 Å². The molecule has 36 heteroatoms. The number of nitrogens with one attached hydrogen (secondary N) is 14. The van der Waals surface area contributed by atoms with E-state index in [0.29, 0.717) is 28.5 Å². The second kappa shape index (κ2) is 42.8. The number of aliphatic hydroxyl groups excluding tert-OH is 2. The quantitative estimate of drug-likeness (QED) is 0.0251. The lowest BCUT2D eigenvalue weighted by molar-refractivity contribution is -0.142. The zero-order valence-electron chi connectivity index (χ0n) is 58.6. The average Bonchev–Trinajstić information content (AvgIpc) is 1.64. The number of hydrogen-bond donors (Lipinski definition) is 21. The van der Waals surface area contributed by atoms with Crippen LogP contribution in [0.25, 0.3) is 10.9 Å². The Hall–Kier alpha value is -10.2. The molecule has 36 nitrogen and oxygen atoms in total. The molecular weight excluding hydrogens is 1330 g/mol. The predicted octanol–water partition coefficient (Wildman–Crippen LogP) is -5.74. The number of nitrogens with two attached hydrogens (primary N) is 3. The number of carboxylic acids is 2. The number of rotatable bonds is 44. The van der Waals surface area contributed by atoms with Crippen LogP contribution in [0.3, 0.4) is 0 Å². The number of carbonyl (C=O) groups excluding carboxylic acids is 13. The van der Waals surface area contributed by atoms with Gasteiger partial charge in [0.15, 0.2) is 0 Å². The first-order chi connectivity index (χ1) is 48.1. The van der Waals surface area contributed by atoms with Gasteiger partial charge in [-0.1, -0.05) is 96.5 Å². The third kappa shape index (κ3) is 27.7. The van der Waals surface area contributed by atoms with Gasteiger partial charge in [0.1, 0.15) is 72.5 Å². The molecule has 3 aromatic rings. The van der Waals surface area contributed by atoms with Gasteiger partial charge in [0, 0.05) is 36.4 Å². The third-order valence-corrected chi connectivity index (χ3v) is 16.4. The van der Waals surface area contributed by atoms with Crippen molar-refractivity contribution in [2.24, 2.45) is 35.0 Å². The number of H-pyrrole nitrogens is 1. The molecule has 564 valence electrons. The van der Waals surface area contributed by atoms with E-state index in [9.17, 15) is 92.3 Å². The Balaban J connectivity index is 1.83. The molecule has 14 atom stereocenters. The highest BCUT2D eigenvalue weighted by Gasteiger charge is 2.38. The number of carbonyl (C=O) groups is 15. The van der Waals surface area contributed by atoms with Crippen LogP contribution in [0.1, 0.15) is 106 Å². The molecule has 0 fully saturated rings. The second-order valence-corrected chi connectivity index (χ2v) is 25.3. The SMILES string of the molecule is CC[C@H](C)[C@@H](NC(=O)[C@@H](NC(=O)[C@H](CCC(=O)O)NC(=O)[C@H](Cc1ccccc1)NC(=O)[C@@H](C)NC(=O)[C@H](CCN)NC(=O)[C@H](CO)NC(=O)[C@@H](Cc1c[nH]c2ccccc12)NC(=O)[C@@H](CO)NC(=O)CNC(=O)[C@@H](CCN)NC(=O)[C@H](NC(=O)[C@H](C)N)C(C)C)C(C)C)C(=O)N[C@@H](C)C(=O)O. The van der Waals surface area contributed by atoms with E-state index in [1.54, 1.807) is 102 Å². The monoisotopic (exact) mass is 1440 g/mol. The van der Waals surface area contributed by atoms with Crippen LogP contribution < -0.4 is 86.3 Å². The van der Waals surface area contributed by atoms with E-state index in [1.807, 2.05) is 0 Å². The fourth-order valence-corrected chi connectivity index (χ4v) is 10.1. The van der Waals surface area contributed by atoms with E-state index < -0.39 is 218 Å². The van der Waals surface area contributed by atoms with Gasteiger partial charge >= 0.3 is 11.9 Å². The van der Waals surface area contributed by atoms with Gasteiger partial charge in [0.05, 0.1) is 25.8 Å². The van der Waals surface area contributed by atoms with E-state index in [4.69, 9.17) is 17.2 Å². The normalized spacial score (nSPS) is 15.3. The van der Waals surface area contributed by atoms with E-state index >= 15 is 0 Å². The number of aliphatic hydroxyl groups is 2. The van der Waals surface area contributed by atoms with Crippen molar-refractivity contribution in [3.8, 4) is 0 Å². The summed E-state index contributed by atoms with van der Waals surface area (Å²) >= 11 is 0. The number of carboxylic acid groups (broad SMARTS) is 2. The first-order valence-corrected chi connectivity index (χ1v) is 33.4. The predicted molar refractivity (Wildman–Crippen MR) is 368 cm³/mol. The molecule has 0 saturated heterocycles. The van der Waals surface area contributed by atoms with Gasteiger partial charge in [-0.15, -0.1) is 0 Å². The molecule has 0 radical (unpaired) electrons. The fourth-order valence-electron chi connectivity index (χ4n) is 10.1. The molecule has 102 heavy (non-hydrogen) atoms. The van der Waals surface area contributed by atoms with Crippen LogP contribution in [0, 0.1) is 17.8 Å². The number of amides is 13. The summed E-state index contributed by atoms with van der Waals surface area (Å²) in [6.45, 7) is 10.4. The maximum Gasteiger partial charge on any atom is 0.325 e. The van der Waals surface area contributed by atoms with Crippen LogP contribution in [-0.4, -0.2) is 226 Å². The van der Waals surface area contributed by atoms with Crippen molar-refractivity contribution in [1.29, 1.82) is 0 Å². The van der Waals surface area contributed by atoms with Gasteiger partial charge in [-0.2, -0.15) is 0 Å². The summed E-state index contributed by atoms with van der Waals surface area (Å²) in [5.74, 6) is -16.7. The van der Waals surface area contributed by atoms with Crippen LogP contribution in [-0.2, 0) is 84.8 Å².